The molecule has 0 radical (unpaired) electrons. The van der Waals surface area contributed by atoms with Crippen LogP contribution in [0.15, 0.2) is 34.9 Å². The van der Waals surface area contributed by atoms with Gasteiger partial charge in [0.2, 0.25) is 11.8 Å². The first-order valence-electron chi connectivity index (χ1n) is 8.48. The minimum Gasteiger partial charge on any atom is -0.374 e. The van der Waals surface area contributed by atoms with Gasteiger partial charge in [0.15, 0.2) is 5.82 Å². The molecule has 3 rings (SSSR count). The molecule has 1 aromatic carbocycles. The largest absolute Gasteiger partial charge is 0.374 e. The maximum absolute atomic E-state index is 12.4. The first kappa shape index (κ1) is 17.0. The fourth-order valence-electron chi connectivity index (χ4n) is 2.88. The summed E-state index contributed by atoms with van der Waals surface area (Å²) in [5.41, 5.74) is 1.66. The van der Waals surface area contributed by atoms with Gasteiger partial charge in [0.25, 0.3) is 0 Å². The van der Waals surface area contributed by atoms with E-state index in [1.165, 1.54) is 0 Å². The number of aryl methyl sites for hydroxylation is 1. The Balaban J connectivity index is 1.68. The lowest BCUT2D eigenvalue weighted by Crippen LogP contribution is -2.34. The summed E-state index contributed by atoms with van der Waals surface area (Å²) < 4.78 is 4.96. The van der Waals surface area contributed by atoms with Gasteiger partial charge in [-0.3, -0.25) is 9.59 Å². The topological polar surface area (TPSA) is 87.5 Å². The SMILES string of the molecule is CCC(Nc1cccc(N2CCCC2=O)c1)C(=O)Nc1cc(C)on1. The van der Waals surface area contributed by atoms with Crippen LogP contribution in [0, 0.1) is 6.92 Å². The molecule has 2 amide bonds. The van der Waals surface area contributed by atoms with Crippen molar-refractivity contribution in [3.63, 3.8) is 0 Å². The normalized spacial score (nSPS) is 15.3. The molecule has 1 fully saturated rings. The molecule has 25 heavy (non-hydrogen) atoms. The molecule has 0 saturated carbocycles. The van der Waals surface area contributed by atoms with Crippen LogP contribution in [0.3, 0.4) is 0 Å². The Hall–Kier alpha value is -2.83. The maximum Gasteiger partial charge on any atom is 0.248 e. The molecule has 1 aliphatic heterocycles. The number of benzene rings is 1. The first-order chi connectivity index (χ1) is 12.1. The standard InChI is InChI=1S/C18H22N4O3/c1-3-15(18(24)20-16-10-12(2)25-21-16)19-13-6-4-7-14(11-13)22-9-5-8-17(22)23/h4,6-7,10-11,15,19H,3,5,8-9H2,1-2H3,(H,20,21,24). The first-order valence-corrected chi connectivity index (χ1v) is 8.48. The molecule has 132 valence electrons. The van der Waals surface area contributed by atoms with Crippen molar-refractivity contribution < 1.29 is 14.1 Å². The van der Waals surface area contributed by atoms with Crippen molar-refractivity contribution in [3.8, 4) is 0 Å². The van der Waals surface area contributed by atoms with E-state index in [2.05, 4.69) is 15.8 Å². The Bertz CT molecular complexity index is 771. The van der Waals surface area contributed by atoms with Gasteiger partial charge in [-0.2, -0.15) is 0 Å². The van der Waals surface area contributed by atoms with Crippen LogP contribution in [0.5, 0.6) is 0 Å². The molecular weight excluding hydrogens is 320 g/mol. The minimum absolute atomic E-state index is 0.142. The highest BCUT2D eigenvalue weighted by Crippen LogP contribution is 2.25. The van der Waals surface area contributed by atoms with Gasteiger partial charge in [0.1, 0.15) is 11.8 Å². The van der Waals surface area contributed by atoms with Crippen LogP contribution >= 0.6 is 0 Å². The van der Waals surface area contributed by atoms with Gasteiger partial charge in [-0.25, -0.2) is 0 Å². The van der Waals surface area contributed by atoms with E-state index in [1.807, 2.05) is 31.2 Å². The van der Waals surface area contributed by atoms with Crippen LogP contribution in [-0.4, -0.2) is 29.6 Å². The summed E-state index contributed by atoms with van der Waals surface area (Å²) in [6.07, 6.45) is 2.08. The van der Waals surface area contributed by atoms with Crippen LogP contribution in [0.25, 0.3) is 0 Å². The quantitative estimate of drug-likeness (QED) is 0.843. The van der Waals surface area contributed by atoms with Gasteiger partial charge in [0, 0.05) is 30.4 Å². The van der Waals surface area contributed by atoms with Gasteiger partial charge in [0.05, 0.1) is 0 Å². The van der Waals surface area contributed by atoms with Gasteiger partial charge < -0.3 is 20.1 Å². The average molecular weight is 342 g/mol. The van der Waals surface area contributed by atoms with Crippen molar-refractivity contribution in [1.29, 1.82) is 0 Å². The molecule has 0 bridgehead atoms. The van der Waals surface area contributed by atoms with Gasteiger partial charge >= 0.3 is 0 Å². The summed E-state index contributed by atoms with van der Waals surface area (Å²) in [5.74, 6) is 1.00. The number of nitrogens with zero attached hydrogens (tertiary/aromatic N) is 2. The van der Waals surface area contributed by atoms with Crippen molar-refractivity contribution in [2.75, 3.05) is 22.1 Å². The van der Waals surface area contributed by atoms with E-state index in [9.17, 15) is 9.59 Å². The summed E-state index contributed by atoms with van der Waals surface area (Å²) in [6, 6.07) is 8.84. The second-order valence-electron chi connectivity index (χ2n) is 6.12. The molecule has 7 heteroatoms. The molecule has 1 saturated heterocycles. The van der Waals surface area contributed by atoms with E-state index in [4.69, 9.17) is 4.52 Å². The molecule has 7 nitrogen and oxygen atoms in total. The number of hydrogen-bond donors (Lipinski definition) is 2. The second kappa shape index (κ2) is 7.38. The van der Waals surface area contributed by atoms with Crippen LogP contribution < -0.4 is 15.5 Å². The highest BCUT2D eigenvalue weighted by Gasteiger charge is 2.22. The third kappa shape index (κ3) is 3.99. The molecule has 1 atom stereocenters. The molecule has 0 spiro atoms. The summed E-state index contributed by atoms with van der Waals surface area (Å²) in [4.78, 5) is 26.1. The second-order valence-corrected chi connectivity index (χ2v) is 6.12. The highest BCUT2D eigenvalue weighted by atomic mass is 16.5. The van der Waals surface area contributed by atoms with Crippen LogP contribution in [-0.2, 0) is 9.59 Å². The predicted molar refractivity (Wildman–Crippen MR) is 95.6 cm³/mol. The lowest BCUT2D eigenvalue weighted by molar-refractivity contribution is -0.117. The van der Waals surface area contributed by atoms with Crippen LogP contribution in [0.1, 0.15) is 31.9 Å². The minimum atomic E-state index is -0.415. The number of carbonyl (C=O) groups excluding carboxylic acids is 2. The third-order valence-electron chi connectivity index (χ3n) is 4.18. The van der Waals surface area contributed by atoms with E-state index in [0.29, 0.717) is 24.4 Å². The van der Waals surface area contributed by atoms with Crippen molar-refractivity contribution in [1.82, 2.24) is 5.16 Å². The summed E-state index contributed by atoms with van der Waals surface area (Å²) in [5, 5.41) is 9.74. The Morgan fingerprint density at radius 1 is 1.40 bits per heavy atom. The van der Waals surface area contributed by atoms with Crippen molar-refractivity contribution in [2.45, 2.75) is 39.2 Å². The summed E-state index contributed by atoms with van der Waals surface area (Å²) >= 11 is 0. The smallest absolute Gasteiger partial charge is 0.248 e. The Morgan fingerprint density at radius 2 is 2.24 bits per heavy atom. The number of aromatic nitrogens is 1. The fourth-order valence-corrected chi connectivity index (χ4v) is 2.88. The Morgan fingerprint density at radius 3 is 2.88 bits per heavy atom. The van der Waals surface area contributed by atoms with Crippen LogP contribution in [0.2, 0.25) is 0 Å². The third-order valence-corrected chi connectivity index (χ3v) is 4.18. The van der Waals surface area contributed by atoms with E-state index in [1.54, 1.807) is 17.9 Å². The zero-order valence-electron chi connectivity index (χ0n) is 14.4. The molecular formula is C18H22N4O3. The predicted octanol–water partition coefficient (Wildman–Crippen LogP) is 2.94. The van der Waals surface area contributed by atoms with Crippen molar-refractivity contribution in [2.24, 2.45) is 0 Å². The van der Waals surface area contributed by atoms with Gasteiger partial charge in [-0.1, -0.05) is 18.1 Å². The van der Waals surface area contributed by atoms with E-state index in [-0.39, 0.29) is 11.8 Å². The number of rotatable bonds is 6. The van der Waals surface area contributed by atoms with Crippen molar-refractivity contribution >= 4 is 29.0 Å². The summed E-state index contributed by atoms with van der Waals surface area (Å²) in [7, 11) is 0. The van der Waals surface area contributed by atoms with Gasteiger partial charge in [-0.15, -0.1) is 0 Å². The number of carbonyl (C=O) groups is 2. The zero-order valence-corrected chi connectivity index (χ0v) is 14.4. The lowest BCUT2D eigenvalue weighted by atomic mass is 10.1. The molecule has 1 unspecified atom stereocenters. The van der Waals surface area contributed by atoms with E-state index in [0.717, 1.165) is 24.3 Å². The maximum atomic E-state index is 12.4. The number of hydrogen-bond acceptors (Lipinski definition) is 5. The number of amides is 2. The fraction of sp³-hybridized carbons (Fsp3) is 0.389. The van der Waals surface area contributed by atoms with E-state index < -0.39 is 6.04 Å². The Kier molecular flexibility index (Phi) is 5.02. The number of anilines is 3. The van der Waals surface area contributed by atoms with Crippen molar-refractivity contribution in [3.05, 3.63) is 36.1 Å². The van der Waals surface area contributed by atoms with Gasteiger partial charge in [-0.05, 0) is 38.0 Å². The molecule has 0 aliphatic carbocycles. The van der Waals surface area contributed by atoms with Crippen LogP contribution in [0.4, 0.5) is 17.2 Å². The highest BCUT2D eigenvalue weighted by molar-refractivity contribution is 5.97. The molecule has 1 aliphatic rings. The van der Waals surface area contributed by atoms with E-state index >= 15 is 0 Å². The number of nitrogens with one attached hydrogen (secondary N) is 2. The molecule has 1 aromatic heterocycles. The average Bonchev–Trinajstić information content (AvgIpc) is 3.21. The monoisotopic (exact) mass is 342 g/mol. The molecule has 2 aromatic rings. The Labute approximate surface area is 146 Å². The molecule has 2 heterocycles. The summed E-state index contributed by atoms with van der Waals surface area (Å²) in [6.45, 7) is 4.44. The molecule has 2 N–H and O–H groups in total. The lowest BCUT2D eigenvalue weighted by Gasteiger charge is -2.20. The zero-order chi connectivity index (χ0) is 17.8.